The van der Waals surface area contributed by atoms with Crippen LogP contribution in [0.2, 0.25) is 0 Å². The second kappa shape index (κ2) is 10.8. The predicted molar refractivity (Wildman–Crippen MR) is 115 cm³/mol. The molecule has 1 heterocycles. The number of nitrogens with one attached hydrogen (secondary N) is 1. The van der Waals surface area contributed by atoms with Crippen molar-refractivity contribution in [2.45, 2.75) is 70.1 Å². The van der Waals surface area contributed by atoms with Gasteiger partial charge < -0.3 is 5.73 Å². The zero-order chi connectivity index (χ0) is 18.7. The van der Waals surface area contributed by atoms with Gasteiger partial charge >= 0.3 is 0 Å². The van der Waals surface area contributed by atoms with Gasteiger partial charge in [0, 0.05) is 11.1 Å². The minimum Gasteiger partial charge on any atom is -0.384 e. The first kappa shape index (κ1) is 19.5. The molecule has 1 aromatic heterocycles. The van der Waals surface area contributed by atoms with Crippen molar-refractivity contribution < 1.29 is 0 Å². The maximum absolute atomic E-state index is 6.38. The number of nitrogens with zero attached hydrogens (tertiary/aromatic N) is 1. The molecule has 0 spiro atoms. The molecule has 3 nitrogen and oxygen atoms in total. The third kappa shape index (κ3) is 5.85. The molecular formula is C24H33N3. The molecule has 0 bridgehead atoms. The Labute approximate surface area is 163 Å². The molecule has 0 saturated heterocycles. The number of aromatic amines is 1. The van der Waals surface area contributed by atoms with Gasteiger partial charge in [-0.1, -0.05) is 106 Å². The first-order valence-electron chi connectivity index (χ1n) is 10.6. The topological polar surface area (TPSA) is 54.7 Å². The molecule has 1 aromatic carbocycles. The van der Waals surface area contributed by atoms with Crippen LogP contribution in [0.3, 0.4) is 0 Å². The lowest BCUT2D eigenvalue weighted by Crippen LogP contribution is -2.04. The lowest BCUT2D eigenvalue weighted by atomic mass is 9.87. The first-order chi connectivity index (χ1) is 13.4. The van der Waals surface area contributed by atoms with Gasteiger partial charge in [0.2, 0.25) is 0 Å². The number of nitrogens with two attached hydrogens (primary N) is 1. The fourth-order valence-electron chi connectivity index (χ4n) is 4.13. The van der Waals surface area contributed by atoms with Crippen LogP contribution in [0.1, 0.15) is 75.7 Å². The second-order valence-corrected chi connectivity index (χ2v) is 7.64. The molecule has 144 valence electrons. The molecule has 2 aromatic rings. The van der Waals surface area contributed by atoms with Gasteiger partial charge in [-0.15, -0.1) is 0 Å². The van der Waals surface area contributed by atoms with Crippen molar-refractivity contribution >= 4 is 5.82 Å². The summed E-state index contributed by atoms with van der Waals surface area (Å²) in [5.74, 6) is 1.25. The third-order valence-corrected chi connectivity index (χ3v) is 5.59. The van der Waals surface area contributed by atoms with Crippen molar-refractivity contribution in [3.8, 4) is 11.3 Å². The maximum Gasteiger partial charge on any atom is 0.122 e. The van der Waals surface area contributed by atoms with E-state index in [1.807, 2.05) is 30.3 Å². The maximum atomic E-state index is 6.38. The molecule has 1 fully saturated rings. The second-order valence-electron chi connectivity index (χ2n) is 7.64. The van der Waals surface area contributed by atoms with Crippen molar-refractivity contribution in [2.75, 3.05) is 5.73 Å². The molecule has 27 heavy (non-hydrogen) atoms. The highest BCUT2D eigenvalue weighted by atomic mass is 15.2. The number of anilines is 1. The summed E-state index contributed by atoms with van der Waals surface area (Å²) in [6.07, 6.45) is 13.2. The normalized spacial score (nSPS) is 16.9. The van der Waals surface area contributed by atoms with E-state index >= 15 is 0 Å². The van der Waals surface area contributed by atoms with E-state index in [2.05, 4.69) is 34.5 Å². The Bertz CT molecular complexity index is 712. The summed E-state index contributed by atoms with van der Waals surface area (Å²) in [7, 11) is 0. The van der Waals surface area contributed by atoms with Crippen molar-refractivity contribution in [2.24, 2.45) is 0 Å². The van der Waals surface area contributed by atoms with Gasteiger partial charge in [-0.2, -0.15) is 5.10 Å². The fraction of sp³-hybridized carbons (Fsp3) is 0.458. The van der Waals surface area contributed by atoms with E-state index in [-0.39, 0.29) is 0 Å². The van der Waals surface area contributed by atoms with Gasteiger partial charge in [0.15, 0.2) is 0 Å². The summed E-state index contributed by atoms with van der Waals surface area (Å²) in [6, 6.07) is 18.6. The fourth-order valence-corrected chi connectivity index (χ4v) is 4.13. The smallest absolute Gasteiger partial charge is 0.122 e. The third-order valence-electron chi connectivity index (χ3n) is 5.59. The van der Waals surface area contributed by atoms with E-state index in [4.69, 9.17) is 5.73 Å². The van der Waals surface area contributed by atoms with Crippen LogP contribution in [0.4, 0.5) is 5.82 Å². The van der Waals surface area contributed by atoms with Crippen molar-refractivity contribution in [1.29, 1.82) is 0 Å². The predicted octanol–water partition coefficient (Wildman–Crippen LogP) is 6.78. The minimum absolute atomic E-state index is 0.501. The minimum atomic E-state index is 0.501. The SMILES string of the molecule is Nc1[nH]nc(-c2ccccccccc2)c1C1CCCCCCCCCC1. The molecule has 0 radical (unpaired) electrons. The van der Waals surface area contributed by atoms with E-state index in [0.29, 0.717) is 5.92 Å². The molecule has 3 N–H and O–H groups in total. The van der Waals surface area contributed by atoms with E-state index < -0.39 is 0 Å². The van der Waals surface area contributed by atoms with Gasteiger partial charge in [0.05, 0.1) is 5.69 Å². The summed E-state index contributed by atoms with van der Waals surface area (Å²) in [5.41, 5.74) is 9.75. The molecular weight excluding hydrogens is 330 g/mol. The van der Waals surface area contributed by atoms with Crippen LogP contribution in [-0.2, 0) is 0 Å². The summed E-state index contributed by atoms with van der Waals surface area (Å²) >= 11 is 0. The number of aromatic nitrogens is 2. The van der Waals surface area contributed by atoms with Crippen LogP contribution in [-0.4, -0.2) is 10.2 Å². The monoisotopic (exact) mass is 363 g/mol. The van der Waals surface area contributed by atoms with Gasteiger partial charge in [-0.25, -0.2) is 0 Å². The van der Waals surface area contributed by atoms with Gasteiger partial charge in [0.25, 0.3) is 0 Å². The Kier molecular flexibility index (Phi) is 7.76. The van der Waals surface area contributed by atoms with Crippen molar-refractivity contribution in [3.63, 3.8) is 0 Å². The highest BCUT2D eigenvalue weighted by Gasteiger charge is 2.22. The summed E-state index contributed by atoms with van der Waals surface area (Å²) in [5, 5.41) is 7.68. The molecule has 1 aliphatic carbocycles. The zero-order valence-electron chi connectivity index (χ0n) is 16.4. The van der Waals surface area contributed by atoms with Crippen LogP contribution < -0.4 is 5.73 Å². The van der Waals surface area contributed by atoms with Gasteiger partial charge in [-0.3, -0.25) is 5.10 Å². The lowest BCUT2D eigenvalue weighted by Gasteiger charge is -2.18. The number of hydrogen-bond acceptors (Lipinski definition) is 2. The van der Waals surface area contributed by atoms with Gasteiger partial charge in [-0.05, 0) is 18.8 Å². The summed E-state index contributed by atoms with van der Waals surface area (Å²) in [6.45, 7) is 0. The van der Waals surface area contributed by atoms with Crippen LogP contribution in [0.25, 0.3) is 11.3 Å². The molecule has 0 aliphatic heterocycles. The largest absolute Gasteiger partial charge is 0.384 e. The Balaban J connectivity index is 1.93. The summed E-state index contributed by atoms with van der Waals surface area (Å²) < 4.78 is 0. The number of H-pyrrole nitrogens is 1. The van der Waals surface area contributed by atoms with E-state index in [1.54, 1.807) is 0 Å². The Morgan fingerprint density at radius 1 is 0.704 bits per heavy atom. The molecule has 1 saturated carbocycles. The Morgan fingerprint density at radius 3 is 1.74 bits per heavy atom. The molecule has 0 unspecified atom stereocenters. The average Bonchev–Trinajstić information content (AvgIpc) is 3.03. The average molecular weight is 364 g/mol. The molecule has 3 rings (SSSR count). The highest BCUT2D eigenvalue weighted by Crippen LogP contribution is 2.38. The van der Waals surface area contributed by atoms with E-state index in [0.717, 1.165) is 17.1 Å². The molecule has 0 atom stereocenters. The number of rotatable bonds is 2. The quantitative estimate of drug-likeness (QED) is 0.617. The van der Waals surface area contributed by atoms with E-state index in [1.165, 1.54) is 69.8 Å². The molecule has 3 heteroatoms. The number of hydrogen-bond donors (Lipinski definition) is 2. The summed E-state index contributed by atoms with van der Waals surface area (Å²) in [4.78, 5) is 0. The zero-order valence-corrected chi connectivity index (χ0v) is 16.4. The molecule has 0 amide bonds. The standard InChI is InChI=1S/C24H33N3/c25-24-22(20-16-12-8-4-1-2-5-9-13-17-20)23(26-27-24)21-18-14-10-6-3-7-11-15-19-21/h3,6-7,10-11,14-15,18-20H,1-2,4-5,8-9,12-13,16-17H2,(H3,25,26,27). The van der Waals surface area contributed by atoms with Crippen molar-refractivity contribution in [1.82, 2.24) is 10.2 Å². The Hall–Kier alpha value is -2.29. The van der Waals surface area contributed by atoms with Crippen molar-refractivity contribution in [3.05, 3.63) is 60.2 Å². The molecule has 1 aliphatic rings. The van der Waals surface area contributed by atoms with Gasteiger partial charge in [0.1, 0.15) is 5.82 Å². The van der Waals surface area contributed by atoms with Crippen LogP contribution in [0.15, 0.2) is 54.6 Å². The number of nitrogen functional groups attached to an aromatic ring is 1. The van der Waals surface area contributed by atoms with Crippen LogP contribution in [0, 0.1) is 0 Å². The van der Waals surface area contributed by atoms with Crippen LogP contribution >= 0.6 is 0 Å². The van der Waals surface area contributed by atoms with Crippen LogP contribution in [0.5, 0.6) is 0 Å². The lowest BCUT2D eigenvalue weighted by molar-refractivity contribution is 0.516. The highest BCUT2D eigenvalue weighted by molar-refractivity contribution is 5.68. The van der Waals surface area contributed by atoms with E-state index in [9.17, 15) is 0 Å². The first-order valence-corrected chi connectivity index (χ1v) is 10.6. The Morgan fingerprint density at radius 2 is 1.19 bits per heavy atom.